The molecule has 0 spiro atoms. The molecule has 2 aromatic carbocycles. The maximum absolute atomic E-state index is 13.4. The van der Waals surface area contributed by atoms with E-state index < -0.39 is 0 Å². The lowest BCUT2D eigenvalue weighted by Gasteiger charge is -2.19. The molecule has 0 heterocycles. The summed E-state index contributed by atoms with van der Waals surface area (Å²) in [5.74, 6) is 0.332. The van der Waals surface area contributed by atoms with Gasteiger partial charge in [0, 0.05) is 42.9 Å². The summed E-state index contributed by atoms with van der Waals surface area (Å²) in [6.45, 7) is 1.34. The molecule has 0 radical (unpaired) electrons. The molecule has 0 aliphatic heterocycles. The molecule has 0 atom stereocenters. The van der Waals surface area contributed by atoms with E-state index in [9.17, 15) is 9.18 Å². The van der Waals surface area contributed by atoms with Crippen molar-refractivity contribution in [1.29, 1.82) is 0 Å². The number of amides is 1. The van der Waals surface area contributed by atoms with Crippen molar-refractivity contribution in [2.45, 2.75) is 11.3 Å². The average Bonchev–Trinajstić information content (AvgIpc) is 2.57. The number of rotatable bonds is 8. The van der Waals surface area contributed by atoms with E-state index in [1.807, 2.05) is 37.4 Å². The fourth-order valence-corrected chi connectivity index (χ4v) is 2.97. The number of thioether (sulfide) groups is 1. The monoisotopic (exact) mass is 332 g/mol. The molecule has 23 heavy (non-hydrogen) atoms. The SMILES string of the molecule is CN(CCNC(=O)CCSc1ccccc1F)c1ccccc1. The van der Waals surface area contributed by atoms with Crippen molar-refractivity contribution in [3.8, 4) is 0 Å². The first-order valence-electron chi connectivity index (χ1n) is 7.57. The molecule has 5 heteroatoms. The average molecular weight is 332 g/mol. The zero-order chi connectivity index (χ0) is 16.5. The van der Waals surface area contributed by atoms with E-state index in [1.165, 1.54) is 17.8 Å². The Morgan fingerprint density at radius 1 is 1.13 bits per heavy atom. The highest BCUT2D eigenvalue weighted by Gasteiger charge is 2.05. The zero-order valence-corrected chi connectivity index (χ0v) is 14.0. The van der Waals surface area contributed by atoms with E-state index >= 15 is 0 Å². The first-order valence-corrected chi connectivity index (χ1v) is 8.55. The number of nitrogens with zero attached hydrogens (tertiary/aromatic N) is 1. The van der Waals surface area contributed by atoms with Gasteiger partial charge in [-0.25, -0.2) is 4.39 Å². The van der Waals surface area contributed by atoms with E-state index in [2.05, 4.69) is 10.2 Å². The van der Waals surface area contributed by atoms with Gasteiger partial charge in [0.05, 0.1) is 0 Å². The zero-order valence-electron chi connectivity index (χ0n) is 13.2. The Morgan fingerprint density at radius 2 is 1.83 bits per heavy atom. The topological polar surface area (TPSA) is 32.3 Å². The number of carbonyl (C=O) groups is 1. The minimum Gasteiger partial charge on any atom is -0.373 e. The molecule has 2 rings (SSSR count). The number of carbonyl (C=O) groups excluding carboxylic acids is 1. The van der Waals surface area contributed by atoms with E-state index in [0.29, 0.717) is 23.6 Å². The van der Waals surface area contributed by atoms with Crippen LogP contribution in [0.3, 0.4) is 0 Å². The van der Waals surface area contributed by atoms with Crippen LogP contribution < -0.4 is 10.2 Å². The quantitative estimate of drug-likeness (QED) is 0.750. The van der Waals surface area contributed by atoms with Crippen LogP contribution in [0.1, 0.15) is 6.42 Å². The van der Waals surface area contributed by atoms with Gasteiger partial charge in [0.25, 0.3) is 0 Å². The summed E-state index contributed by atoms with van der Waals surface area (Å²) >= 11 is 1.37. The van der Waals surface area contributed by atoms with Crippen molar-refractivity contribution < 1.29 is 9.18 Å². The van der Waals surface area contributed by atoms with E-state index in [-0.39, 0.29) is 11.7 Å². The lowest BCUT2D eigenvalue weighted by atomic mass is 10.3. The maximum atomic E-state index is 13.4. The summed E-state index contributed by atoms with van der Waals surface area (Å²) in [6, 6.07) is 16.6. The molecule has 0 fully saturated rings. The second-order valence-electron chi connectivity index (χ2n) is 5.14. The number of benzene rings is 2. The molecule has 0 saturated carbocycles. The van der Waals surface area contributed by atoms with E-state index in [1.54, 1.807) is 18.2 Å². The fraction of sp³-hybridized carbons (Fsp3) is 0.278. The van der Waals surface area contributed by atoms with Crippen LogP contribution in [0.2, 0.25) is 0 Å². The predicted octanol–water partition coefficient (Wildman–Crippen LogP) is 3.56. The van der Waals surface area contributed by atoms with Gasteiger partial charge < -0.3 is 10.2 Å². The molecule has 3 nitrogen and oxygen atoms in total. The van der Waals surface area contributed by atoms with Crippen molar-refractivity contribution in [1.82, 2.24) is 5.32 Å². The lowest BCUT2D eigenvalue weighted by molar-refractivity contribution is -0.120. The molecule has 0 aliphatic carbocycles. The Morgan fingerprint density at radius 3 is 2.57 bits per heavy atom. The first kappa shape index (κ1) is 17.3. The summed E-state index contributed by atoms with van der Waals surface area (Å²) < 4.78 is 13.4. The summed E-state index contributed by atoms with van der Waals surface area (Å²) in [5.41, 5.74) is 1.12. The Labute approximate surface area is 140 Å². The van der Waals surface area contributed by atoms with Gasteiger partial charge in [0.15, 0.2) is 0 Å². The highest BCUT2D eigenvalue weighted by atomic mass is 32.2. The second-order valence-corrected chi connectivity index (χ2v) is 6.27. The molecule has 0 bridgehead atoms. The standard InChI is InChI=1S/C18H21FN2OS/c1-21(15-7-3-2-4-8-15)13-12-20-18(22)11-14-23-17-10-6-5-9-16(17)19/h2-10H,11-14H2,1H3,(H,20,22). The third kappa shape index (κ3) is 5.94. The normalized spacial score (nSPS) is 10.3. The van der Waals surface area contributed by atoms with Crippen molar-refractivity contribution in [2.24, 2.45) is 0 Å². The second kappa shape index (κ2) is 9.20. The smallest absolute Gasteiger partial charge is 0.220 e. The number of likely N-dealkylation sites (N-methyl/N-ethyl adjacent to an activating group) is 1. The Hall–Kier alpha value is -2.01. The van der Waals surface area contributed by atoms with Gasteiger partial charge in [-0.05, 0) is 24.3 Å². The van der Waals surface area contributed by atoms with Crippen LogP contribution in [0, 0.1) is 5.82 Å². The number of para-hydroxylation sites is 1. The van der Waals surface area contributed by atoms with Crippen molar-refractivity contribution in [3.63, 3.8) is 0 Å². The van der Waals surface area contributed by atoms with Crippen molar-refractivity contribution in [2.75, 3.05) is 30.8 Å². The molecule has 0 aromatic heterocycles. The van der Waals surface area contributed by atoms with Gasteiger partial charge in [-0.2, -0.15) is 0 Å². The van der Waals surface area contributed by atoms with Crippen LogP contribution in [-0.2, 0) is 4.79 Å². The van der Waals surface area contributed by atoms with Gasteiger partial charge in [0.2, 0.25) is 5.91 Å². The molecular weight excluding hydrogens is 311 g/mol. The number of anilines is 1. The maximum Gasteiger partial charge on any atom is 0.220 e. The van der Waals surface area contributed by atoms with Crippen molar-refractivity contribution in [3.05, 3.63) is 60.4 Å². The largest absolute Gasteiger partial charge is 0.373 e. The highest BCUT2D eigenvalue weighted by molar-refractivity contribution is 7.99. The molecule has 1 N–H and O–H groups in total. The van der Waals surface area contributed by atoms with Crippen LogP contribution in [-0.4, -0.2) is 31.8 Å². The number of hydrogen-bond donors (Lipinski definition) is 1. The van der Waals surface area contributed by atoms with Crippen molar-refractivity contribution >= 4 is 23.4 Å². The van der Waals surface area contributed by atoms with Crippen LogP contribution >= 0.6 is 11.8 Å². The van der Waals surface area contributed by atoms with Gasteiger partial charge in [-0.3, -0.25) is 4.79 Å². The summed E-state index contributed by atoms with van der Waals surface area (Å²) in [7, 11) is 2.00. The summed E-state index contributed by atoms with van der Waals surface area (Å²) in [5, 5.41) is 2.90. The van der Waals surface area contributed by atoms with Gasteiger partial charge >= 0.3 is 0 Å². The molecule has 0 unspecified atom stereocenters. The summed E-state index contributed by atoms with van der Waals surface area (Å²) in [4.78, 5) is 14.5. The lowest BCUT2D eigenvalue weighted by Crippen LogP contribution is -2.33. The number of hydrogen-bond acceptors (Lipinski definition) is 3. The van der Waals surface area contributed by atoms with Crippen LogP contribution in [0.4, 0.5) is 10.1 Å². The third-order valence-electron chi connectivity index (χ3n) is 3.39. The molecule has 1 amide bonds. The van der Waals surface area contributed by atoms with Crippen LogP contribution in [0.5, 0.6) is 0 Å². The fourth-order valence-electron chi connectivity index (χ4n) is 2.08. The van der Waals surface area contributed by atoms with E-state index in [0.717, 1.165) is 12.2 Å². The predicted molar refractivity (Wildman–Crippen MR) is 94.5 cm³/mol. The van der Waals surface area contributed by atoms with E-state index in [4.69, 9.17) is 0 Å². The van der Waals surface area contributed by atoms with Gasteiger partial charge in [0.1, 0.15) is 5.82 Å². The molecule has 2 aromatic rings. The Balaban J connectivity index is 1.63. The van der Waals surface area contributed by atoms with Gasteiger partial charge in [-0.1, -0.05) is 30.3 Å². The third-order valence-corrected chi connectivity index (χ3v) is 4.44. The Kier molecular flexibility index (Phi) is 6.94. The van der Waals surface area contributed by atoms with Crippen LogP contribution in [0.25, 0.3) is 0 Å². The molecule has 0 saturated heterocycles. The number of nitrogens with one attached hydrogen (secondary N) is 1. The number of halogens is 1. The Bertz CT molecular complexity index is 621. The molecule has 0 aliphatic rings. The first-order chi connectivity index (χ1) is 11.2. The molecule has 122 valence electrons. The van der Waals surface area contributed by atoms with Gasteiger partial charge in [-0.15, -0.1) is 11.8 Å². The minimum atomic E-state index is -0.234. The minimum absolute atomic E-state index is 0.00435. The highest BCUT2D eigenvalue weighted by Crippen LogP contribution is 2.21. The van der Waals surface area contributed by atoms with Crippen LogP contribution in [0.15, 0.2) is 59.5 Å². The summed E-state index contributed by atoms with van der Waals surface area (Å²) in [6.07, 6.45) is 0.383. The molecular formula is C18H21FN2OS.